The summed E-state index contributed by atoms with van der Waals surface area (Å²) in [6, 6.07) is 51.5. The Balaban J connectivity index is 1.31. The molecule has 6 rings (SSSR count). The Hall–Kier alpha value is -3.58. The van der Waals surface area contributed by atoms with Crippen molar-refractivity contribution in [2.45, 2.75) is 55.8 Å². The predicted molar refractivity (Wildman–Crippen MR) is 182 cm³/mol. The van der Waals surface area contributed by atoms with Crippen molar-refractivity contribution >= 4 is 19.4 Å². The minimum atomic E-state index is -0.428. The zero-order chi connectivity index (χ0) is 31.2. The third-order valence-electron chi connectivity index (χ3n) is 7.84. The van der Waals surface area contributed by atoms with E-state index in [4.69, 9.17) is 23.7 Å². The first-order valence-electron chi connectivity index (χ1n) is 15.8. The molecule has 46 heavy (non-hydrogen) atoms. The Kier molecular flexibility index (Phi) is 12.2. The molecule has 1 saturated heterocycles. The summed E-state index contributed by atoms with van der Waals surface area (Å²) >= 11 is -0.0565. The molecule has 0 N–H and O–H groups in total. The summed E-state index contributed by atoms with van der Waals surface area (Å²) in [6.45, 7) is 2.16. The summed E-state index contributed by atoms with van der Waals surface area (Å²) in [7, 11) is 0. The molecule has 1 heterocycles. The van der Waals surface area contributed by atoms with Crippen LogP contribution in [0.4, 0.5) is 0 Å². The summed E-state index contributed by atoms with van der Waals surface area (Å²) in [5, 5.41) is -0.221. The molecule has 1 aliphatic rings. The van der Waals surface area contributed by atoms with E-state index in [2.05, 4.69) is 72.8 Å². The van der Waals surface area contributed by atoms with Gasteiger partial charge in [0.25, 0.3) is 0 Å². The molecule has 0 aliphatic carbocycles. The fraction of sp³-hybridized carbons (Fsp3) is 0.250. The van der Waals surface area contributed by atoms with E-state index >= 15 is 0 Å². The standard InChI is InChI=1S/C40H40O5Se/c1-6-16-31(17-7-1)26-41-30-36-37(42-27-32-18-8-2-9-19-32)38(43-28-33-20-10-3-11-21-33)39(44-29-34-22-12-4-13-23-34)40(45-36)46-35-24-14-5-15-25-35/h1-25,36-40H,26-30H2/t36-,37+,38+,39-,40+/m1/s1. The van der Waals surface area contributed by atoms with Crippen LogP contribution in [-0.2, 0) is 50.1 Å². The number of hydrogen-bond acceptors (Lipinski definition) is 5. The average Bonchev–Trinajstić information content (AvgIpc) is 3.12. The quantitative estimate of drug-likeness (QED) is 0.115. The second-order valence-corrected chi connectivity index (χ2v) is 13.7. The van der Waals surface area contributed by atoms with E-state index in [0.29, 0.717) is 33.0 Å². The first-order valence-corrected chi connectivity index (χ1v) is 17.6. The maximum atomic E-state index is 6.99. The summed E-state index contributed by atoms with van der Waals surface area (Å²) < 4.78 is 35.0. The Morgan fingerprint density at radius 3 is 1.30 bits per heavy atom. The van der Waals surface area contributed by atoms with E-state index in [0.717, 1.165) is 22.3 Å². The molecular formula is C40H40O5Se. The molecule has 0 spiro atoms. The van der Waals surface area contributed by atoms with Gasteiger partial charge in [0.2, 0.25) is 0 Å². The van der Waals surface area contributed by atoms with Gasteiger partial charge < -0.3 is 0 Å². The van der Waals surface area contributed by atoms with E-state index in [9.17, 15) is 0 Å². The molecule has 1 fully saturated rings. The van der Waals surface area contributed by atoms with Gasteiger partial charge in [0.15, 0.2) is 0 Å². The van der Waals surface area contributed by atoms with E-state index in [1.807, 2.05) is 78.9 Å². The molecule has 0 aromatic heterocycles. The number of ether oxygens (including phenoxy) is 5. The molecule has 0 saturated carbocycles. The van der Waals surface area contributed by atoms with Crippen molar-refractivity contribution in [1.29, 1.82) is 0 Å². The van der Waals surface area contributed by atoms with Gasteiger partial charge in [-0.05, 0) is 0 Å². The van der Waals surface area contributed by atoms with Crippen LogP contribution in [0.1, 0.15) is 22.3 Å². The Labute approximate surface area is 278 Å². The van der Waals surface area contributed by atoms with Crippen LogP contribution in [0.3, 0.4) is 0 Å². The monoisotopic (exact) mass is 680 g/mol. The fourth-order valence-electron chi connectivity index (χ4n) is 5.48. The van der Waals surface area contributed by atoms with Crippen LogP contribution in [0.5, 0.6) is 0 Å². The molecule has 236 valence electrons. The van der Waals surface area contributed by atoms with Crippen LogP contribution in [0, 0.1) is 0 Å². The average molecular weight is 680 g/mol. The van der Waals surface area contributed by atoms with E-state index in [1.54, 1.807) is 0 Å². The van der Waals surface area contributed by atoms with Crippen molar-refractivity contribution in [3.05, 3.63) is 174 Å². The van der Waals surface area contributed by atoms with Gasteiger partial charge in [-0.25, -0.2) is 0 Å². The Morgan fingerprint density at radius 1 is 0.435 bits per heavy atom. The third kappa shape index (κ3) is 9.47. The van der Waals surface area contributed by atoms with Gasteiger partial charge in [0.05, 0.1) is 0 Å². The number of rotatable bonds is 15. The summed E-state index contributed by atoms with van der Waals surface area (Å²) in [6.07, 6.45) is -1.55. The van der Waals surface area contributed by atoms with Crippen LogP contribution in [0.15, 0.2) is 152 Å². The van der Waals surface area contributed by atoms with Gasteiger partial charge in [0, 0.05) is 0 Å². The molecule has 1 aliphatic heterocycles. The van der Waals surface area contributed by atoms with Crippen molar-refractivity contribution in [1.82, 2.24) is 0 Å². The molecule has 0 radical (unpaired) electrons. The molecule has 0 amide bonds. The van der Waals surface area contributed by atoms with Crippen LogP contribution in [0.25, 0.3) is 0 Å². The topological polar surface area (TPSA) is 46.2 Å². The third-order valence-corrected chi connectivity index (χ3v) is 10.3. The SMILES string of the molecule is c1ccc(COC[C@H]2O[C@@H]([Se]c3ccccc3)[C@H](OCc3ccccc3)[C@@H](OCc3ccccc3)[C@H]2OCc2ccccc2)cc1. The second-order valence-electron chi connectivity index (χ2n) is 11.3. The van der Waals surface area contributed by atoms with Crippen molar-refractivity contribution in [3.8, 4) is 0 Å². The molecule has 5 nitrogen and oxygen atoms in total. The van der Waals surface area contributed by atoms with Gasteiger partial charge in [-0.1, -0.05) is 0 Å². The summed E-state index contributed by atoms with van der Waals surface area (Å²) in [4.78, 5) is 0. The van der Waals surface area contributed by atoms with Crippen LogP contribution < -0.4 is 4.46 Å². The first-order chi connectivity index (χ1) is 22.8. The van der Waals surface area contributed by atoms with Gasteiger partial charge in [-0.2, -0.15) is 0 Å². The number of hydrogen-bond donors (Lipinski definition) is 0. The van der Waals surface area contributed by atoms with Gasteiger partial charge in [-0.3, -0.25) is 0 Å². The number of benzene rings is 5. The maximum absolute atomic E-state index is 6.99. The van der Waals surface area contributed by atoms with Crippen LogP contribution in [0.2, 0.25) is 0 Å². The van der Waals surface area contributed by atoms with E-state index in [-0.39, 0.29) is 32.2 Å². The van der Waals surface area contributed by atoms with Gasteiger partial charge in [0.1, 0.15) is 0 Å². The van der Waals surface area contributed by atoms with Gasteiger partial charge in [-0.15, -0.1) is 0 Å². The molecular weight excluding hydrogens is 639 g/mol. The normalized spacial score (nSPS) is 21.2. The molecule has 0 bridgehead atoms. The predicted octanol–water partition coefficient (Wildman–Crippen LogP) is 6.71. The second kappa shape index (κ2) is 17.4. The van der Waals surface area contributed by atoms with Crippen molar-refractivity contribution in [2.75, 3.05) is 6.61 Å². The fourth-order valence-corrected chi connectivity index (χ4v) is 7.88. The molecule has 5 aromatic rings. The van der Waals surface area contributed by atoms with Gasteiger partial charge >= 0.3 is 279 Å². The van der Waals surface area contributed by atoms with Crippen molar-refractivity contribution in [3.63, 3.8) is 0 Å². The molecule has 6 heteroatoms. The zero-order valence-electron chi connectivity index (χ0n) is 25.8. The van der Waals surface area contributed by atoms with Crippen LogP contribution in [-0.4, -0.2) is 51.0 Å². The molecule has 0 unspecified atom stereocenters. The summed E-state index contributed by atoms with van der Waals surface area (Å²) in [5.41, 5.74) is 4.40. The van der Waals surface area contributed by atoms with Crippen molar-refractivity contribution < 1.29 is 23.7 Å². The van der Waals surface area contributed by atoms with Crippen molar-refractivity contribution in [2.24, 2.45) is 0 Å². The van der Waals surface area contributed by atoms with E-state index < -0.39 is 12.2 Å². The zero-order valence-corrected chi connectivity index (χ0v) is 27.5. The minimum absolute atomic E-state index is 0.0565. The Bertz CT molecular complexity index is 1540. The Morgan fingerprint density at radius 2 is 0.826 bits per heavy atom. The molecule has 5 aromatic carbocycles. The first kappa shape index (κ1) is 32.4. The van der Waals surface area contributed by atoms with Crippen LogP contribution >= 0.6 is 0 Å². The summed E-state index contributed by atoms with van der Waals surface area (Å²) in [5.74, 6) is 0. The van der Waals surface area contributed by atoms with E-state index in [1.165, 1.54) is 4.46 Å². The molecule has 5 atom stereocenters.